The Hall–Kier alpha value is -2.37. The van der Waals surface area contributed by atoms with Crippen molar-refractivity contribution in [1.82, 2.24) is 15.3 Å². The molecule has 0 spiro atoms. The van der Waals surface area contributed by atoms with Gasteiger partial charge in [0.25, 0.3) is 11.5 Å². The number of rotatable bonds is 4. The van der Waals surface area contributed by atoms with Crippen LogP contribution < -0.4 is 10.9 Å². The largest absolute Gasteiger partial charge is 0.464 e. The summed E-state index contributed by atoms with van der Waals surface area (Å²) in [4.78, 5) is 31.8. The molecule has 2 atom stereocenters. The number of aromatic amines is 1. The van der Waals surface area contributed by atoms with Gasteiger partial charge in [-0.15, -0.1) is 0 Å². The van der Waals surface area contributed by atoms with Crippen molar-refractivity contribution in [2.24, 2.45) is 5.92 Å². The number of amides is 1. The van der Waals surface area contributed by atoms with E-state index < -0.39 is 11.5 Å². The molecule has 1 aliphatic carbocycles. The first kappa shape index (κ1) is 17.5. The molecule has 2 aromatic heterocycles. The van der Waals surface area contributed by atoms with Gasteiger partial charge in [0.2, 0.25) is 0 Å². The maximum Gasteiger partial charge on any atom is 0.264 e. The van der Waals surface area contributed by atoms with Crippen molar-refractivity contribution < 1.29 is 9.21 Å². The molecular weight excluding hydrogens is 318 g/mol. The molecule has 6 nitrogen and oxygen atoms in total. The van der Waals surface area contributed by atoms with Gasteiger partial charge in [-0.25, -0.2) is 4.98 Å². The highest BCUT2D eigenvalue weighted by molar-refractivity contribution is 5.94. The van der Waals surface area contributed by atoms with E-state index in [0.717, 1.165) is 12.2 Å². The predicted octanol–water partition coefficient (Wildman–Crippen LogP) is 3.02. The Bertz CT molecular complexity index is 858. The molecule has 134 valence electrons. The van der Waals surface area contributed by atoms with Gasteiger partial charge in [0.1, 0.15) is 22.9 Å². The number of furan rings is 1. The zero-order chi connectivity index (χ0) is 18.4. The summed E-state index contributed by atoms with van der Waals surface area (Å²) in [7, 11) is 0. The van der Waals surface area contributed by atoms with Crippen LogP contribution in [0, 0.1) is 12.8 Å². The number of carbonyl (C=O) groups is 1. The average molecular weight is 343 g/mol. The van der Waals surface area contributed by atoms with Crippen LogP contribution in [0.15, 0.2) is 21.3 Å². The van der Waals surface area contributed by atoms with E-state index >= 15 is 0 Å². The third-order valence-electron chi connectivity index (χ3n) is 4.62. The zero-order valence-electron chi connectivity index (χ0n) is 15.4. The molecule has 6 heteroatoms. The highest BCUT2D eigenvalue weighted by Crippen LogP contribution is 2.47. The second-order valence-electron chi connectivity index (χ2n) is 7.93. The van der Waals surface area contributed by atoms with Crippen molar-refractivity contribution in [3.05, 3.63) is 51.1 Å². The summed E-state index contributed by atoms with van der Waals surface area (Å²) in [6.45, 7) is 10.00. The summed E-state index contributed by atoms with van der Waals surface area (Å²) < 4.78 is 5.77. The standard InChI is InChI=1S/C19H25N3O3/c1-10-8-13(10)14-7-6-12(25-14)9-20-16(23)15-11(2)21-18(19(3,4)5)22-17(15)24/h6-7,10,13H,8-9H2,1-5H3,(H,20,23)(H,21,22,24). The van der Waals surface area contributed by atoms with Crippen LogP contribution >= 0.6 is 0 Å². The molecule has 2 N–H and O–H groups in total. The molecule has 0 aliphatic heterocycles. The van der Waals surface area contributed by atoms with Gasteiger partial charge in [-0.1, -0.05) is 27.7 Å². The lowest BCUT2D eigenvalue weighted by molar-refractivity contribution is 0.0945. The van der Waals surface area contributed by atoms with Crippen LogP contribution in [0.3, 0.4) is 0 Å². The number of carbonyl (C=O) groups excluding carboxylic acids is 1. The van der Waals surface area contributed by atoms with E-state index in [4.69, 9.17) is 4.42 Å². The third-order valence-corrected chi connectivity index (χ3v) is 4.62. The van der Waals surface area contributed by atoms with Gasteiger partial charge in [0, 0.05) is 11.3 Å². The van der Waals surface area contributed by atoms with Crippen molar-refractivity contribution in [1.29, 1.82) is 0 Å². The van der Waals surface area contributed by atoms with E-state index in [2.05, 4.69) is 22.2 Å². The topological polar surface area (TPSA) is 88.0 Å². The minimum atomic E-state index is -0.440. The highest BCUT2D eigenvalue weighted by atomic mass is 16.3. The molecule has 1 fully saturated rings. The summed E-state index contributed by atoms with van der Waals surface area (Å²) in [6.07, 6.45) is 1.15. The summed E-state index contributed by atoms with van der Waals surface area (Å²) >= 11 is 0. The quantitative estimate of drug-likeness (QED) is 0.893. The van der Waals surface area contributed by atoms with Crippen molar-refractivity contribution in [3.8, 4) is 0 Å². The fraction of sp³-hybridized carbons (Fsp3) is 0.526. The lowest BCUT2D eigenvalue weighted by atomic mass is 9.95. The first-order valence-electron chi connectivity index (χ1n) is 8.65. The molecule has 0 aromatic carbocycles. The maximum absolute atomic E-state index is 12.4. The lowest BCUT2D eigenvalue weighted by Crippen LogP contribution is -2.33. The Labute approximate surface area is 147 Å². The van der Waals surface area contributed by atoms with Crippen molar-refractivity contribution in [3.63, 3.8) is 0 Å². The van der Waals surface area contributed by atoms with Gasteiger partial charge in [-0.3, -0.25) is 9.59 Å². The molecule has 3 rings (SSSR count). The van der Waals surface area contributed by atoms with Crippen LogP contribution in [0.4, 0.5) is 0 Å². The predicted molar refractivity (Wildman–Crippen MR) is 94.7 cm³/mol. The molecule has 0 saturated heterocycles. The number of hydrogen-bond acceptors (Lipinski definition) is 4. The minimum Gasteiger partial charge on any atom is -0.464 e. The average Bonchev–Trinajstić information content (AvgIpc) is 3.06. The molecule has 25 heavy (non-hydrogen) atoms. The van der Waals surface area contributed by atoms with Gasteiger partial charge in [0.15, 0.2) is 0 Å². The van der Waals surface area contributed by atoms with Crippen LogP contribution in [0.25, 0.3) is 0 Å². The van der Waals surface area contributed by atoms with E-state index in [-0.39, 0.29) is 17.5 Å². The Balaban J connectivity index is 1.71. The Morgan fingerprint density at radius 1 is 1.40 bits per heavy atom. The smallest absolute Gasteiger partial charge is 0.264 e. The zero-order valence-corrected chi connectivity index (χ0v) is 15.4. The van der Waals surface area contributed by atoms with Crippen molar-refractivity contribution in [2.45, 2.75) is 58.9 Å². The van der Waals surface area contributed by atoms with Gasteiger partial charge < -0.3 is 14.7 Å². The SMILES string of the molecule is Cc1nc(C(C)(C)C)[nH]c(=O)c1C(=O)NCc1ccc(C2CC2C)o1. The van der Waals surface area contributed by atoms with Crippen molar-refractivity contribution in [2.75, 3.05) is 0 Å². The molecular formula is C19H25N3O3. The fourth-order valence-corrected chi connectivity index (χ4v) is 2.87. The highest BCUT2D eigenvalue weighted by Gasteiger charge is 2.36. The molecule has 0 bridgehead atoms. The first-order chi connectivity index (χ1) is 11.7. The number of aryl methyl sites for hydroxylation is 1. The summed E-state index contributed by atoms with van der Waals surface area (Å²) in [5.41, 5.74) is -0.223. The second kappa shape index (κ2) is 6.17. The molecule has 2 unspecified atom stereocenters. The first-order valence-corrected chi connectivity index (χ1v) is 8.65. The van der Waals surface area contributed by atoms with E-state index in [1.807, 2.05) is 32.9 Å². The minimum absolute atomic E-state index is 0.0515. The number of nitrogens with one attached hydrogen (secondary N) is 2. The van der Waals surface area contributed by atoms with Gasteiger partial charge in [-0.2, -0.15) is 0 Å². The van der Waals surface area contributed by atoms with E-state index in [9.17, 15) is 9.59 Å². The van der Waals surface area contributed by atoms with Crippen LogP contribution in [-0.2, 0) is 12.0 Å². The number of hydrogen-bond donors (Lipinski definition) is 2. The van der Waals surface area contributed by atoms with Gasteiger partial charge in [-0.05, 0) is 31.4 Å². The Kier molecular flexibility index (Phi) is 4.31. The molecule has 1 amide bonds. The summed E-state index contributed by atoms with van der Waals surface area (Å²) in [6, 6.07) is 3.84. The Morgan fingerprint density at radius 3 is 2.64 bits per heavy atom. The molecule has 2 heterocycles. The van der Waals surface area contributed by atoms with Gasteiger partial charge in [0.05, 0.1) is 12.2 Å². The molecule has 1 saturated carbocycles. The number of nitrogens with zero attached hydrogens (tertiary/aromatic N) is 1. The maximum atomic E-state index is 12.4. The van der Waals surface area contributed by atoms with Crippen molar-refractivity contribution >= 4 is 5.91 Å². The molecule has 1 aliphatic rings. The summed E-state index contributed by atoms with van der Waals surface area (Å²) in [5.74, 6) is 2.97. The fourth-order valence-electron chi connectivity index (χ4n) is 2.87. The number of aromatic nitrogens is 2. The van der Waals surface area contributed by atoms with E-state index in [1.54, 1.807) is 6.92 Å². The molecule has 0 radical (unpaired) electrons. The van der Waals surface area contributed by atoms with Crippen LogP contribution in [0.2, 0.25) is 0 Å². The lowest BCUT2D eigenvalue weighted by Gasteiger charge is -2.18. The molecule has 2 aromatic rings. The van der Waals surface area contributed by atoms with Crippen LogP contribution in [-0.4, -0.2) is 15.9 Å². The third kappa shape index (κ3) is 3.67. The number of H-pyrrole nitrogens is 1. The monoisotopic (exact) mass is 343 g/mol. The second-order valence-corrected chi connectivity index (χ2v) is 7.93. The van der Waals surface area contributed by atoms with Gasteiger partial charge >= 0.3 is 0 Å². The summed E-state index contributed by atoms with van der Waals surface area (Å²) in [5, 5.41) is 2.75. The Morgan fingerprint density at radius 2 is 2.08 bits per heavy atom. The normalized spacial score (nSPS) is 19.7. The van der Waals surface area contributed by atoms with E-state index in [0.29, 0.717) is 29.1 Å². The van der Waals surface area contributed by atoms with Crippen LogP contribution in [0.5, 0.6) is 0 Å². The van der Waals surface area contributed by atoms with Crippen LogP contribution in [0.1, 0.15) is 73.4 Å². The van der Waals surface area contributed by atoms with E-state index in [1.165, 1.54) is 0 Å².